The van der Waals surface area contributed by atoms with E-state index in [9.17, 15) is 19.7 Å². The Morgan fingerprint density at radius 3 is 2.71 bits per heavy atom. The summed E-state index contributed by atoms with van der Waals surface area (Å²) in [7, 11) is 0. The van der Waals surface area contributed by atoms with Gasteiger partial charge in [-0.15, -0.1) is 0 Å². The average molecular weight is 440 g/mol. The minimum absolute atomic E-state index is 0.133. The first-order valence-electron chi connectivity index (χ1n) is 9.60. The predicted molar refractivity (Wildman–Crippen MR) is 116 cm³/mol. The van der Waals surface area contributed by atoms with Crippen molar-refractivity contribution in [3.63, 3.8) is 0 Å². The molecule has 0 saturated carbocycles. The van der Waals surface area contributed by atoms with E-state index in [-0.39, 0.29) is 23.7 Å². The largest absolute Gasteiger partial charge is 0.326 e. The van der Waals surface area contributed by atoms with Crippen molar-refractivity contribution in [3.8, 4) is 11.1 Å². The molecular weight excluding hydrogens is 422 g/mol. The maximum atomic E-state index is 12.6. The second-order valence-electron chi connectivity index (χ2n) is 7.04. The molecule has 0 bridgehead atoms. The number of halogens is 1. The van der Waals surface area contributed by atoms with Crippen LogP contribution in [0.2, 0.25) is 5.02 Å². The van der Waals surface area contributed by atoms with E-state index in [0.717, 1.165) is 16.8 Å². The number of non-ortho nitro benzene ring substituents is 1. The highest BCUT2D eigenvalue weighted by Crippen LogP contribution is 2.39. The minimum Gasteiger partial charge on any atom is -0.326 e. The summed E-state index contributed by atoms with van der Waals surface area (Å²) in [4.78, 5) is 35.5. The lowest BCUT2D eigenvalue weighted by atomic mass is 10.0. The van der Waals surface area contributed by atoms with Crippen LogP contribution in [-0.4, -0.2) is 26.5 Å². The van der Waals surface area contributed by atoms with E-state index >= 15 is 0 Å². The fourth-order valence-corrected chi connectivity index (χ4v) is 3.70. The summed E-state index contributed by atoms with van der Waals surface area (Å²) in [5.41, 5.74) is 2.61. The van der Waals surface area contributed by atoms with Gasteiger partial charge in [-0.3, -0.25) is 19.7 Å². The monoisotopic (exact) mass is 439 g/mol. The van der Waals surface area contributed by atoms with Gasteiger partial charge in [0, 0.05) is 28.4 Å². The average Bonchev–Trinajstić information content (AvgIpc) is 3.24. The molecule has 2 N–H and O–H groups in total. The molecule has 10 heteroatoms. The van der Waals surface area contributed by atoms with Gasteiger partial charge in [0.1, 0.15) is 11.9 Å². The van der Waals surface area contributed by atoms with Crippen molar-refractivity contribution in [2.75, 3.05) is 10.6 Å². The van der Waals surface area contributed by atoms with Gasteiger partial charge in [0.2, 0.25) is 5.91 Å². The summed E-state index contributed by atoms with van der Waals surface area (Å²) in [6.45, 7) is 1.96. The van der Waals surface area contributed by atoms with E-state index in [1.165, 1.54) is 22.9 Å². The number of hydrogen-bond donors (Lipinski definition) is 2. The lowest BCUT2D eigenvalue weighted by Gasteiger charge is -2.10. The molecule has 0 spiro atoms. The number of fused-ring (bicyclic) bond motifs is 1. The maximum Gasteiger partial charge on any atom is 0.271 e. The van der Waals surface area contributed by atoms with Crippen LogP contribution < -0.4 is 10.6 Å². The first kappa shape index (κ1) is 20.5. The van der Waals surface area contributed by atoms with E-state index in [2.05, 4.69) is 15.7 Å². The van der Waals surface area contributed by atoms with Crippen molar-refractivity contribution < 1.29 is 14.5 Å². The van der Waals surface area contributed by atoms with E-state index in [0.29, 0.717) is 17.3 Å². The number of nitrogens with one attached hydrogen (secondary N) is 2. The molecule has 9 nitrogen and oxygen atoms in total. The highest BCUT2D eigenvalue weighted by atomic mass is 35.5. The van der Waals surface area contributed by atoms with Gasteiger partial charge >= 0.3 is 0 Å². The standard InChI is InChI=1S/C21H18ClN5O4/c1-2-16-19(12-6-8-13(22)9-7-12)20-24-21(29)17(26(20)25-16)11-18(28)23-14-4-3-5-15(10-14)27(30)31/h3-10,17H,2,11H2,1H3,(H,23,28)(H,24,29). The molecule has 0 radical (unpaired) electrons. The number of aryl methyl sites for hydroxylation is 1. The van der Waals surface area contributed by atoms with Crippen LogP contribution in [0.15, 0.2) is 48.5 Å². The molecule has 2 amide bonds. The van der Waals surface area contributed by atoms with Crippen LogP contribution in [0.4, 0.5) is 17.2 Å². The molecule has 0 fully saturated rings. The molecule has 2 heterocycles. The molecular formula is C21H18ClN5O4. The lowest BCUT2D eigenvalue weighted by molar-refractivity contribution is -0.384. The predicted octanol–water partition coefficient (Wildman–Crippen LogP) is 4.20. The Bertz CT molecular complexity index is 1190. The second-order valence-corrected chi connectivity index (χ2v) is 7.48. The number of carbonyl (C=O) groups excluding carboxylic acids is 2. The van der Waals surface area contributed by atoms with Crippen molar-refractivity contribution in [2.45, 2.75) is 25.8 Å². The Morgan fingerprint density at radius 1 is 1.29 bits per heavy atom. The summed E-state index contributed by atoms with van der Waals surface area (Å²) >= 11 is 5.99. The first-order valence-corrected chi connectivity index (χ1v) is 9.97. The van der Waals surface area contributed by atoms with Crippen LogP contribution in [-0.2, 0) is 16.0 Å². The quantitative estimate of drug-likeness (QED) is 0.440. The smallest absolute Gasteiger partial charge is 0.271 e. The normalized spacial score (nSPS) is 14.8. The molecule has 2 aromatic carbocycles. The SMILES string of the molecule is CCc1nn2c(c1-c1ccc(Cl)cc1)NC(=O)C2CC(=O)Nc1cccc([N+](=O)[O-])c1. The van der Waals surface area contributed by atoms with E-state index < -0.39 is 16.9 Å². The molecule has 1 atom stereocenters. The molecule has 4 rings (SSSR count). The Balaban J connectivity index is 1.59. The molecule has 1 aliphatic rings. The maximum absolute atomic E-state index is 12.6. The zero-order valence-corrected chi connectivity index (χ0v) is 17.2. The van der Waals surface area contributed by atoms with Gasteiger partial charge in [0.05, 0.1) is 17.0 Å². The molecule has 0 saturated heterocycles. The van der Waals surface area contributed by atoms with Crippen LogP contribution in [0, 0.1) is 10.1 Å². The van der Waals surface area contributed by atoms with Gasteiger partial charge in [-0.05, 0) is 30.2 Å². The van der Waals surface area contributed by atoms with Gasteiger partial charge in [-0.1, -0.05) is 36.7 Å². The van der Waals surface area contributed by atoms with E-state index in [4.69, 9.17) is 11.6 Å². The van der Waals surface area contributed by atoms with Crippen molar-refractivity contribution in [1.82, 2.24) is 9.78 Å². The molecule has 0 aliphatic carbocycles. The van der Waals surface area contributed by atoms with Crippen molar-refractivity contribution in [3.05, 3.63) is 69.4 Å². The van der Waals surface area contributed by atoms with Crippen LogP contribution in [0.25, 0.3) is 11.1 Å². The number of carbonyl (C=O) groups is 2. The van der Waals surface area contributed by atoms with Gasteiger partial charge in [0.15, 0.2) is 0 Å². The number of amides is 2. The number of anilines is 2. The fraction of sp³-hybridized carbons (Fsp3) is 0.190. The molecule has 158 valence electrons. The Kier molecular flexibility index (Phi) is 5.43. The van der Waals surface area contributed by atoms with Crippen LogP contribution >= 0.6 is 11.6 Å². The summed E-state index contributed by atoms with van der Waals surface area (Å²) in [5, 5.41) is 21.5. The summed E-state index contributed by atoms with van der Waals surface area (Å²) < 4.78 is 1.54. The Morgan fingerprint density at radius 2 is 2.03 bits per heavy atom. The number of nitrogens with zero attached hydrogens (tertiary/aromatic N) is 3. The third-order valence-electron chi connectivity index (χ3n) is 5.01. The Labute approximate surface area is 182 Å². The molecule has 31 heavy (non-hydrogen) atoms. The highest BCUT2D eigenvalue weighted by molar-refractivity contribution is 6.30. The lowest BCUT2D eigenvalue weighted by Crippen LogP contribution is -2.24. The van der Waals surface area contributed by atoms with Gasteiger partial charge in [-0.2, -0.15) is 5.10 Å². The van der Waals surface area contributed by atoms with Gasteiger partial charge < -0.3 is 10.6 Å². The number of hydrogen-bond acceptors (Lipinski definition) is 5. The third kappa shape index (κ3) is 3.99. The number of benzene rings is 2. The Hall–Kier alpha value is -3.72. The molecule has 1 unspecified atom stereocenters. The van der Waals surface area contributed by atoms with Crippen molar-refractivity contribution >= 4 is 40.6 Å². The zero-order valence-electron chi connectivity index (χ0n) is 16.5. The van der Waals surface area contributed by atoms with Gasteiger partial charge in [-0.25, -0.2) is 4.68 Å². The summed E-state index contributed by atoms with van der Waals surface area (Å²) in [6, 6.07) is 12.0. The highest BCUT2D eigenvalue weighted by Gasteiger charge is 2.36. The fourth-order valence-electron chi connectivity index (χ4n) is 3.57. The van der Waals surface area contributed by atoms with Crippen LogP contribution in [0.5, 0.6) is 0 Å². The van der Waals surface area contributed by atoms with Crippen molar-refractivity contribution in [2.24, 2.45) is 0 Å². The van der Waals surface area contributed by atoms with Crippen LogP contribution in [0.3, 0.4) is 0 Å². The van der Waals surface area contributed by atoms with E-state index in [1.807, 2.05) is 19.1 Å². The van der Waals surface area contributed by atoms with Crippen LogP contribution in [0.1, 0.15) is 25.1 Å². The topological polar surface area (TPSA) is 119 Å². The first-order chi connectivity index (χ1) is 14.9. The number of nitro benzene ring substituents is 1. The van der Waals surface area contributed by atoms with Gasteiger partial charge in [0.25, 0.3) is 11.6 Å². The number of rotatable bonds is 6. The number of aromatic nitrogens is 2. The minimum atomic E-state index is -0.819. The van der Waals surface area contributed by atoms with E-state index in [1.54, 1.807) is 18.2 Å². The summed E-state index contributed by atoms with van der Waals surface area (Å²) in [5.74, 6) is -0.248. The molecule has 1 aromatic heterocycles. The molecule has 3 aromatic rings. The second kappa shape index (κ2) is 8.19. The number of nitro groups is 1. The summed E-state index contributed by atoms with van der Waals surface area (Å²) in [6.07, 6.45) is 0.479. The third-order valence-corrected chi connectivity index (χ3v) is 5.26. The van der Waals surface area contributed by atoms with Crippen molar-refractivity contribution in [1.29, 1.82) is 0 Å². The molecule has 1 aliphatic heterocycles. The zero-order chi connectivity index (χ0) is 22.1.